The van der Waals surface area contributed by atoms with Crippen molar-refractivity contribution in [2.24, 2.45) is 0 Å². The van der Waals surface area contributed by atoms with Gasteiger partial charge in [0.2, 0.25) is 0 Å². The van der Waals surface area contributed by atoms with Crippen LogP contribution in [0, 0.1) is 11.6 Å². The third-order valence-corrected chi connectivity index (χ3v) is 3.77. The zero-order valence-corrected chi connectivity index (χ0v) is 11.1. The number of halogens is 2. The van der Waals surface area contributed by atoms with Gasteiger partial charge in [0.05, 0.1) is 0 Å². The van der Waals surface area contributed by atoms with E-state index in [9.17, 15) is 23.1 Å². The van der Waals surface area contributed by atoms with Crippen LogP contribution in [0.3, 0.4) is 0 Å². The lowest BCUT2D eigenvalue weighted by Gasteiger charge is -2.21. The van der Waals surface area contributed by atoms with Gasteiger partial charge in [-0.2, -0.15) is 0 Å². The third kappa shape index (κ3) is 3.42. The zero-order valence-electron chi connectivity index (χ0n) is 10.2. The molecule has 20 heavy (non-hydrogen) atoms. The van der Waals surface area contributed by atoms with Crippen molar-refractivity contribution in [3.63, 3.8) is 0 Å². The standard InChI is InChI=1S/C13H12F2NO3P/c14-11-7-6-9(8-12(11)15)13(20(17,18)19)16-10-4-2-1-3-5-10/h1-8,13,16H,(H2,17,18,19). The summed E-state index contributed by atoms with van der Waals surface area (Å²) in [7, 11) is -4.60. The Morgan fingerprint density at radius 2 is 1.65 bits per heavy atom. The van der Waals surface area contributed by atoms with Crippen LogP contribution in [0.2, 0.25) is 0 Å². The average molecular weight is 299 g/mol. The normalized spacial score (nSPS) is 13.0. The van der Waals surface area contributed by atoms with Gasteiger partial charge in [-0.1, -0.05) is 24.3 Å². The number of anilines is 1. The monoisotopic (exact) mass is 299 g/mol. The van der Waals surface area contributed by atoms with Gasteiger partial charge in [0.1, 0.15) is 0 Å². The van der Waals surface area contributed by atoms with Crippen LogP contribution in [0.5, 0.6) is 0 Å². The minimum Gasteiger partial charge on any atom is -0.368 e. The molecule has 0 amide bonds. The summed E-state index contributed by atoms with van der Waals surface area (Å²) in [6.45, 7) is 0. The molecule has 0 radical (unpaired) electrons. The van der Waals surface area contributed by atoms with Gasteiger partial charge in [0, 0.05) is 5.69 Å². The second-order valence-corrected chi connectivity index (χ2v) is 5.87. The van der Waals surface area contributed by atoms with Crippen LogP contribution in [0.4, 0.5) is 14.5 Å². The first kappa shape index (κ1) is 14.7. The minimum atomic E-state index is -4.60. The summed E-state index contributed by atoms with van der Waals surface area (Å²) in [4.78, 5) is 18.8. The third-order valence-electron chi connectivity index (χ3n) is 2.67. The maximum absolute atomic E-state index is 13.2. The van der Waals surface area contributed by atoms with Crippen molar-refractivity contribution in [3.05, 3.63) is 65.7 Å². The highest BCUT2D eigenvalue weighted by molar-refractivity contribution is 7.52. The van der Waals surface area contributed by atoms with Gasteiger partial charge in [-0.15, -0.1) is 0 Å². The number of hydrogen-bond donors (Lipinski definition) is 3. The van der Waals surface area contributed by atoms with Gasteiger partial charge >= 0.3 is 7.60 Å². The molecule has 1 unspecified atom stereocenters. The molecule has 4 nitrogen and oxygen atoms in total. The Balaban J connectivity index is 2.38. The molecule has 0 saturated heterocycles. The Morgan fingerprint density at radius 3 is 2.20 bits per heavy atom. The quantitative estimate of drug-likeness (QED) is 0.758. The van der Waals surface area contributed by atoms with Crippen molar-refractivity contribution in [3.8, 4) is 0 Å². The average Bonchev–Trinajstić information content (AvgIpc) is 2.39. The number of hydrogen-bond acceptors (Lipinski definition) is 2. The lowest BCUT2D eigenvalue weighted by Crippen LogP contribution is -2.11. The highest BCUT2D eigenvalue weighted by Gasteiger charge is 2.31. The molecule has 2 aromatic carbocycles. The van der Waals surface area contributed by atoms with Crippen molar-refractivity contribution in [2.45, 2.75) is 5.78 Å². The molecule has 0 bridgehead atoms. The SMILES string of the molecule is O=P(O)(O)C(Nc1ccccc1)c1ccc(F)c(F)c1. The number of nitrogens with one attached hydrogen (secondary N) is 1. The van der Waals surface area contributed by atoms with E-state index in [0.717, 1.165) is 18.2 Å². The van der Waals surface area contributed by atoms with E-state index in [0.29, 0.717) is 5.69 Å². The highest BCUT2D eigenvalue weighted by Crippen LogP contribution is 2.51. The Labute approximate surface area is 114 Å². The predicted octanol–water partition coefficient (Wildman–Crippen LogP) is 3.25. The molecule has 0 fully saturated rings. The fourth-order valence-electron chi connectivity index (χ4n) is 1.74. The smallest absolute Gasteiger partial charge is 0.352 e. The van der Waals surface area contributed by atoms with Crippen LogP contribution in [-0.2, 0) is 4.57 Å². The van der Waals surface area contributed by atoms with Gasteiger partial charge in [0.25, 0.3) is 0 Å². The van der Waals surface area contributed by atoms with Crippen LogP contribution >= 0.6 is 7.60 Å². The van der Waals surface area contributed by atoms with Crippen molar-refractivity contribution in [1.82, 2.24) is 0 Å². The van der Waals surface area contributed by atoms with Gasteiger partial charge in [-0.3, -0.25) is 4.57 Å². The predicted molar refractivity (Wildman–Crippen MR) is 71.2 cm³/mol. The van der Waals surface area contributed by atoms with Crippen LogP contribution < -0.4 is 5.32 Å². The molecule has 0 saturated carbocycles. The minimum absolute atomic E-state index is 0.0268. The van der Waals surface area contributed by atoms with E-state index < -0.39 is 25.0 Å². The van der Waals surface area contributed by atoms with Crippen LogP contribution in [-0.4, -0.2) is 9.79 Å². The Kier molecular flexibility index (Phi) is 4.18. The maximum atomic E-state index is 13.2. The first-order valence-corrected chi connectivity index (χ1v) is 7.38. The second-order valence-electron chi connectivity index (χ2n) is 4.18. The summed E-state index contributed by atoms with van der Waals surface area (Å²) in [5.41, 5.74) is 0.437. The molecule has 0 heterocycles. The van der Waals surface area contributed by atoms with E-state index >= 15 is 0 Å². The fourth-order valence-corrected chi connectivity index (χ4v) is 2.60. The molecule has 106 valence electrons. The summed E-state index contributed by atoms with van der Waals surface area (Å²) >= 11 is 0. The second kappa shape index (κ2) is 5.71. The molecule has 2 aromatic rings. The largest absolute Gasteiger partial charge is 0.368 e. The fraction of sp³-hybridized carbons (Fsp3) is 0.0769. The number of para-hydroxylation sites is 1. The molecular formula is C13H12F2NO3P. The maximum Gasteiger partial charge on any atom is 0.352 e. The summed E-state index contributed by atoms with van der Waals surface area (Å²) < 4.78 is 37.7. The first-order valence-electron chi connectivity index (χ1n) is 5.69. The van der Waals surface area contributed by atoms with E-state index in [2.05, 4.69) is 5.32 Å². The van der Waals surface area contributed by atoms with E-state index in [-0.39, 0.29) is 5.56 Å². The Morgan fingerprint density at radius 1 is 1.00 bits per heavy atom. The topological polar surface area (TPSA) is 69.6 Å². The van der Waals surface area contributed by atoms with Crippen LogP contribution in [0.15, 0.2) is 48.5 Å². The molecule has 0 aliphatic heterocycles. The van der Waals surface area contributed by atoms with Gasteiger partial charge in [-0.25, -0.2) is 8.78 Å². The molecule has 7 heteroatoms. The molecule has 0 aliphatic rings. The summed E-state index contributed by atoms with van der Waals surface area (Å²) in [6.07, 6.45) is 0. The Bertz CT molecular complexity index is 645. The zero-order chi connectivity index (χ0) is 14.8. The van der Waals surface area contributed by atoms with Crippen molar-refractivity contribution >= 4 is 13.3 Å². The van der Waals surface area contributed by atoms with E-state index in [1.165, 1.54) is 0 Å². The Hall–Kier alpha value is -1.75. The molecule has 3 N–H and O–H groups in total. The summed E-state index contributed by atoms with van der Waals surface area (Å²) in [6, 6.07) is 11.1. The van der Waals surface area contributed by atoms with Gasteiger partial charge < -0.3 is 15.1 Å². The van der Waals surface area contributed by atoms with Gasteiger partial charge in [-0.05, 0) is 29.8 Å². The lowest BCUT2D eigenvalue weighted by atomic mass is 10.2. The lowest BCUT2D eigenvalue weighted by molar-refractivity contribution is 0.363. The van der Waals surface area contributed by atoms with E-state index in [1.54, 1.807) is 30.3 Å². The van der Waals surface area contributed by atoms with Crippen molar-refractivity contribution in [2.75, 3.05) is 5.32 Å². The molecule has 1 atom stereocenters. The molecule has 0 aromatic heterocycles. The molecule has 2 rings (SSSR count). The molecule has 0 spiro atoms. The first-order chi connectivity index (χ1) is 9.38. The number of rotatable bonds is 4. The summed E-state index contributed by atoms with van der Waals surface area (Å²) in [5.74, 6) is -3.67. The summed E-state index contributed by atoms with van der Waals surface area (Å²) in [5, 5.41) is 2.63. The van der Waals surface area contributed by atoms with E-state index in [1.807, 2.05) is 0 Å². The molecule has 0 aliphatic carbocycles. The van der Waals surface area contributed by atoms with E-state index in [4.69, 9.17) is 0 Å². The molecular weight excluding hydrogens is 287 g/mol. The van der Waals surface area contributed by atoms with Crippen molar-refractivity contribution < 1.29 is 23.1 Å². The number of benzene rings is 2. The van der Waals surface area contributed by atoms with Gasteiger partial charge in [0.15, 0.2) is 17.4 Å². The van der Waals surface area contributed by atoms with Crippen LogP contribution in [0.1, 0.15) is 11.3 Å². The highest BCUT2D eigenvalue weighted by atomic mass is 31.2. The van der Waals surface area contributed by atoms with Crippen LogP contribution in [0.25, 0.3) is 0 Å². The van der Waals surface area contributed by atoms with Crippen molar-refractivity contribution in [1.29, 1.82) is 0 Å².